The highest BCUT2D eigenvalue weighted by Gasteiger charge is 2.19. The lowest BCUT2D eigenvalue weighted by atomic mass is 9.91. The number of nitrogens with two attached hydrogens (primary N) is 1. The Bertz CT molecular complexity index is 1180. The van der Waals surface area contributed by atoms with E-state index in [1.165, 1.54) is 30.4 Å². The Balaban J connectivity index is 1.73. The normalized spacial score (nSPS) is 13.9. The molecular formula is C21H20ClN5. The molecule has 0 bridgehead atoms. The number of hydrogen-bond acceptors (Lipinski definition) is 4. The summed E-state index contributed by atoms with van der Waals surface area (Å²) in [5, 5.41) is 2.49. The number of nitrogens with zero attached hydrogens (tertiary/aromatic N) is 3. The van der Waals surface area contributed by atoms with Crippen molar-refractivity contribution in [3.05, 3.63) is 52.5 Å². The Labute approximate surface area is 162 Å². The van der Waals surface area contributed by atoms with Crippen LogP contribution in [0.25, 0.3) is 21.9 Å². The maximum absolute atomic E-state index is 6.51. The third-order valence-corrected chi connectivity index (χ3v) is 5.78. The molecule has 0 amide bonds. The van der Waals surface area contributed by atoms with Crippen molar-refractivity contribution in [3.63, 3.8) is 0 Å². The van der Waals surface area contributed by atoms with E-state index in [0.29, 0.717) is 10.7 Å². The maximum atomic E-state index is 6.51. The zero-order valence-corrected chi connectivity index (χ0v) is 15.8. The van der Waals surface area contributed by atoms with Crippen molar-refractivity contribution in [1.82, 2.24) is 15.0 Å². The number of aryl methyl sites for hydroxylation is 2. The van der Waals surface area contributed by atoms with E-state index < -0.39 is 0 Å². The highest BCUT2D eigenvalue weighted by molar-refractivity contribution is 6.38. The number of aromatic amines is 1. The van der Waals surface area contributed by atoms with E-state index in [4.69, 9.17) is 17.3 Å². The summed E-state index contributed by atoms with van der Waals surface area (Å²) in [5.41, 5.74) is 11.6. The highest BCUT2D eigenvalue weighted by atomic mass is 35.5. The summed E-state index contributed by atoms with van der Waals surface area (Å²) in [4.78, 5) is 14.3. The molecule has 0 saturated heterocycles. The van der Waals surface area contributed by atoms with Crippen LogP contribution in [0.2, 0.25) is 5.02 Å². The SMILES string of the molecule is CN(c1ccc2c(c1)CCCC2)c1nc(N)nc2[nH]c3cccc(Cl)c3c12. The second-order valence-electron chi connectivity index (χ2n) is 7.14. The second kappa shape index (κ2) is 6.13. The van der Waals surface area contributed by atoms with Crippen molar-refractivity contribution in [3.8, 4) is 0 Å². The van der Waals surface area contributed by atoms with Crippen LogP contribution < -0.4 is 10.6 Å². The molecule has 136 valence electrons. The van der Waals surface area contributed by atoms with E-state index >= 15 is 0 Å². The Morgan fingerprint density at radius 1 is 1.04 bits per heavy atom. The minimum absolute atomic E-state index is 0.241. The molecule has 0 fully saturated rings. The predicted molar refractivity (Wildman–Crippen MR) is 112 cm³/mol. The number of benzene rings is 2. The van der Waals surface area contributed by atoms with Crippen molar-refractivity contribution in [2.24, 2.45) is 0 Å². The number of nitrogen functional groups attached to an aromatic ring is 1. The molecule has 0 atom stereocenters. The Morgan fingerprint density at radius 3 is 2.70 bits per heavy atom. The summed E-state index contributed by atoms with van der Waals surface area (Å²) < 4.78 is 0. The topological polar surface area (TPSA) is 70.8 Å². The van der Waals surface area contributed by atoms with E-state index in [9.17, 15) is 0 Å². The molecule has 4 aromatic rings. The van der Waals surface area contributed by atoms with E-state index in [-0.39, 0.29) is 5.95 Å². The van der Waals surface area contributed by atoms with Gasteiger partial charge in [-0.15, -0.1) is 0 Å². The molecule has 0 saturated carbocycles. The first-order valence-corrected chi connectivity index (χ1v) is 9.58. The molecule has 0 aliphatic heterocycles. The van der Waals surface area contributed by atoms with Crippen LogP contribution in [0, 0.1) is 0 Å². The maximum Gasteiger partial charge on any atom is 0.224 e. The van der Waals surface area contributed by atoms with Crippen LogP contribution in [0.3, 0.4) is 0 Å². The number of halogens is 1. The van der Waals surface area contributed by atoms with E-state index in [1.807, 2.05) is 25.2 Å². The fraction of sp³-hybridized carbons (Fsp3) is 0.238. The lowest BCUT2D eigenvalue weighted by Gasteiger charge is -2.23. The quantitative estimate of drug-likeness (QED) is 0.516. The van der Waals surface area contributed by atoms with E-state index in [0.717, 1.165) is 34.2 Å². The minimum Gasteiger partial charge on any atom is -0.368 e. The van der Waals surface area contributed by atoms with Gasteiger partial charge in [0.1, 0.15) is 11.5 Å². The molecule has 2 heterocycles. The lowest BCUT2D eigenvalue weighted by Crippen LogP contribution is -2.14. The number of H-pyrrole nitrogens is 1. The van der Waals surface area contributed by atoms with Gasteiger partial charge in [0.15, 0.2) is 0 Å². The molecule has 5 nitrogen and oxygen atoms in total. The van der Waals surface area contributed by atoms with Crippen molar-refractivity contribution in [1.29, 1.82) is 0 Å². The first kappa shape index (κ1) is 16.4. The second-order valence-corrected chi connectivity index (χ2v) is 7.54. The summed E-state index contributed by atoms with van der Waals surface area (Å²) in [7, 11) is 2.02. The smallest absolute Gasteiger partial charge is 0.224 e. The van der Waals surface area contributed by atoms with E-state index in [2.05, 4.69) is 38.1 Å². The van der Waals surface area contributed by atoms with Gasteiger partial charge in [0, 0.05) is 23.6 Å². The molecule has 6 heteroatoms. The van der Waals surface area contributed by atoms with Gasteiger partial charge in [0.2, 0.25) is 5.95 Å². The molecular weight excluding hydrogens is 358 g/mol. The Morgan fingerprint density at radius 2 is 1.85 bits per heavy atom. The Hall–Kier alpha value is -2.79. The minimum atomic E-state index is 0.241. The van der Waals surface area contributed by atoms with E-state index in [1.54, 1.807) is 0 Å². The molecule has 2 aromatic carbocycles. The number of rotatable bonds is 2. The van der Waals surface area contributed by atoms with Gasteiger partial charge in [-0.3, -0.25) is 0 Å². The highest BCUT2D eigenvalue weighted by Crippen LogP contribution is 2.38. The third-order valence-electron chi connectivity index (χ3n) is 5.46. The largest absolute Gasteiger partial charge is 0.368 e. The van der Waals surface area contributed by atoms with Crippen LogP contribution >= 0.6 is 11.6 Å². The molecule has 5 rings (SSSR count). The van der Waals surface area contributed by atoms with Gasteiger partial charge in [-0.2, -0.15) is 9.97 Å². The standard InChI is InChI=1S/C21H20ClN5/c1-27(14-10-9-12-5-2-3-6-13(12)11-14)20-18-17-15(22)7-4-8-16(17)24-19(18)25-21(23)26-20/h4,7-11H,2-3,5-6H2,1H3,(H3,23,24,25,26). The fourth-order valence-electron chi connectivity index (χ4n) is 4.09. The average molecular weight is 378 g/mol. The predicted octanol–water partition coefficient (Wildman–Crippen LogP) is 4.99. The number of anilines is 3. The summed E-state index contributed by atoms with van der Waals surface area (Å²) >= 11 is 6.51. The molecule has 1 aliphatic carbocycles. The summed E-state index contributed by atoms with van der Waals surface area (Å²) in [6.45, 7) is 0. The number of hydrogen-bond donors (Lipinski definition) is 2. The van der Waals surface area contributed by atoms with Crippen LogP contribution in [0.4, 0.5) is 17.5 Å². The summed E-state index contributed by atoms with van der Waals surface area (Å²) in [5.74, 6) is 0.998. The summed E-state index contributed by atoms with van der Waals surface area (Å²) in [6, 6.07) is 12.5. The van der Waals surface area contributed by atoms with Crippen molar-refractivity contribution in [2.75, 3.05) is 17.7 Å². The molecule has 0 spiro atoms. The summed E-state index contributed by atoms with van der Waals surface area (Å²) in [6.07, 6.45) is 4.83. The first-order valence-electron chi connectivity index (χ1n) is 9.21. The van der Waals surface area contributed by atoms with Crippen LogP contribution in [0.5, 0.6) is 0 Å². The molecule has 27 heavy (non-hydrogen) atoms. The van der Waals surface area contributed by atoms with Gasteiger partial charge < -0.3 is 15.6 Å². The van der Waals surface area contributed by atoms with Crippen LogP contribution in [0.15, 0.2) is 36.4 Å². The third kappa shape index (κ3) is 2.61. The van der Waals surface area contributed by atoms with Crippen LogP contribution in [0.1, 0.15) is 24.0 Å². The Kier molecular flexibility index (Phi) is 3.72. The molecule has 2 aromatic heterocycles. The first-order chi connectivity index (χ1) is 13.1. The molecule has 0 radical (unpaired) electrons. The van der Waals surface area contributed by atoms with Crippen molar-refractivity contribution >= 4 is 51.0 Å². The molecule has 0 unspecified atom stereocenters. The monoisotopic (exact) mass is 377 g/mol. The van der Waals surface area contributed by atoms with Gasteiger partial charge in [-0.05, 0) is 61.1 Å². The van der Waals surface area contributed by atoms with Gasteiger partial charge in [-0.25, -0.2) is 0 Å². The van der Waals surface area contributed by atoms with Gasteiger partial charge >= 0.3 is 0 Å². The number of aromatic nitrogens is 3. The molecule has 3 N–H and O–H groups in total. The number of fused-ring (bicyclic) bond motifs is 4. The zero-order chi connectivity index (χ0) is 18.5. The molecule has 1 aliphatic rings. The fourth-order valence-corrected chi connectivity index (χ4v) is 4.36. The van der Waals surface area contributed by atoms with Crippen molar-refractivity contribution in [2.45, 2.75) is 25.7 Å². The van der Waals surface area contributed by atoms with Gasteiger partial charge in [-0.1, -0.05) is 23.7 Å². The zero-order valence-electron chi connectivity index (χ0n) is 15.1. The van der Waals surface area contributed by atoms with Gasteiger partial charge in [0.05, 0.1) is 10.4 Å². The van der Waals surface area contributed by atoms with Crippen molar-refractivity contribution < 1.29 is 0 Å². The average Bonchev–Trinajstić information content (AvgIpc) is 3.05. The van der Waals surface area contributed by atoms with Crippen LogP contribution in [-0.4, -0.2) is 22.0 Å². The lowest BCUT2D eigenvalue weighted by molar-refractivity contribution is 0.685. The number of nitrogens with one attached hydrogen (secondary N) is 1. The van der Waals surface area contributed by atoms with Crippen LogP contribution in [-0.2, 0) is 12.8 Å². The van der Waals surface area contributed by atoms with Gasteiger partial charge in [0.25, 0.3) is 0 Å².